The predicted octanol–water partition coefficient (Wildman–Crippen LogP) is 1.61. The van der Waals surface area contributed by atoms with Gasteiger partial charge in [-0.1, -0.05) is 13.8 Å². The van der Waals surface area contributed by atoms with Crippen LogP contribution < -0.4 is 11.1 Å². The number of thiophene rings is 1. The molecule has 0 fully saturated rings. The van der Waals surface area contributed by atoms with Crippen molar-refractivity contribution < 1.29 is 4.79 Å². The average molecular weight is 250 g/mol. The van der Waals surface area contributed by atoms with Crippen LogP contribution in [0, 0.1) is 5.92 Å². The Morgan fingerprint density at radius 1 is 1.47 bits per heavy atom. The number of primary amides is 1. The first-order chi connectivity index (χ1) is 8.09. The molecule has 5 nitrogen and oxygen atoms in total. The Kier molecular flexibility index (Phi) is 3.23. The van der Waals surface area contributed by atoms with Crippen molar-refractivity contribution in [2.75, 3.05) is 5.32 Å². The van der Waals surface area contributed by atoms with Crippen molar-refractivity contribution in [3.05, 3.63) is 17.8 Å². The van der Waals surface area contributed by atoms with Gasteiger partial charge in [-0.3, -0.25) is 4.79 Å². The van der Waals surface area contributed by atoms with Crippen molar-refractivity contribution in [1.29, 1.82) is 0 Å². The van der Waals surface area contributed by atoms with Gasteiger partial charge in [-0.15, -0.1) is 11.3 Å². The molecule has 2 aromatic heterocycles. The van der Waals surface area contributed by atoms with Crippen molar-refractivity contribution in [2.45, 2.75) is 19.9 Å². The molecule has 0 saturated heterocycles. The summed E-state index contributed by atoms with van der Waals surface area (Å²) >= 11 is 1.54. The molecule has 1 atom stereocenters. The molecule has 6 heteroatoms. The fourth-order valence-corrected chi connectivity index (χ4v) is 2.35. The summed E-state index contributed by atoms with van der Waals surface area (Å²) in [6.45, 7) is 3.88. The smallest absolute Gasteiger partial charge is 0.240 e. The topological polar surface area (TPSA) is 80.9 Å². The molecule has 2 rings (SSSR count). The molecule has 0 aliphatic carbocycles. The molecule has 2 heterocycles. The van der Waals surface area contributed by atoms with E-state index >= 15 is 0 Å². The summed E-state index contributed by atoms with van der Waals surface area (Å²) < 4.78 is 0. The van der Waals surface area contributed by atoms with Gasteiger partial charge >= 0.3 is 0 Å². The van der Waals surface area contributed by atoms with Gasteiger partial charge in [-0.2, -0.15) is 0 Å². The monoisotopic (exact) mass is 250 g/mol. The highest BCUT2D eigenvalue weighted by Gasteiger charge is 2.20. The summed E-state index contributed by atoms with van der Waals surface area (Å²) in [5.41, 5.74) is 5.36. The summed E-state index contributed by atoms with van der Waals surface area (Å²) in [7, 11) is 0. The van der Waals surface area contributed by atoms with Crippen molar-refractivity contribution in [1.82, 2.24) is 9.97 Å². The minimum Gasteiger partial charge on any atom is -0.368 e. The summed E-state index contributed by atoms with van der Waals surface area (Å²) in [6.07, 6.45) is 1.49. The van der Waals surface area contributed by atoms with E-state index in [2.05, 4.69) is 15.3 Å². The van der Waals surface area contributed by atoms with E-state index in [1.54, 1.807) is 0 Å². The van der Waals surface area contributed by atoms with Crippen molar-refractivity contribution in [2.24, 2.45) is 11.7 Å². The van der Waals surface area contributed by atoms with Gasteiger partial charge in [0.25, 0.3) is 0 Å². The van der Waals surface area contributed by atoms with Gasteiger partial charge in [-0.05, 0) is 17.4 Å². The lowest BCUT2D eigenvalue weighted by atomic mass is 10.0. The predicted molar refractivity (Wildman–Crippen MR) is 68.9 cm³/mol. The maximum Gasteiger partial charge on any atom is 0.240 e. The van der Waals surface area contributed by atoms with Crippen LogP contribution in [0.2, 0.25) is 0 Å². The molecule has 0 aliphatic rings. The zero-order valence-electron chi connectivity index (χ0n) is 9.68. The van der Waals surface area contributed by atoms with Crippen LogP contribution >= 0.6 is 11.3 Å². The summed E-state index contributed by atoms with van der Waals surface area (Å²) in [6, 6.07) is 1.51. The van der Waals surface area contributed by atoms with Crippen LogP contribution in [-0.2, 0) is 4.79 Å². The summed E-state index contributed by atoms with van der Waals surface area (Å²) in [5.74, 6) is 0.395. The van der Waals surface area contributed by atoms with Gasteiger partial charge < -0.3 is 11.1 Å². The van der Waals surface area contributed by atoms with Crippen molar-refractivity contribution >= 4 is 33.3 Å². The second-order valence-corrected chi connectivity index (χ2v) is 5.02. The third-order valence-corrected chi connectivity index (χ3v) is 3.35. The van der Waals surface area contributed by atoms with E-state index < -0.39 is 6.04 Å². The Morgan fingerprint density at radius 3 is 2.88 bits per heavy atom. The van der Waals surface area contributed by atoms with Crippen LogP contribution in [0.4, 0.5) is 5.82 Å². The van der Waals surface area contributed by atoms with E-state index in [1.165, 1.54) is 17.7 Å². The van der Waals surface area contributed by atoms with E-state index in [9.17, 15) is 4.79 Å². The van der Waals surface area contributed by atoms with Crippen molar-refractivity contribution in [3.63, 3.8) is 0 Å². The average Bonchev–Trinajstić information content (AvgIpc) is 2.73. The SMILES string of the molecule is CC(C)C(Nc1ncnc2sccc12)C(N)=O. The number of hydrogen-bond acceptors (Lipinski definition) is 5. The molecule has 1 unspecified atom stereocenters. The second kappa shape index (κ2) is 4.67. The lowest BCUT2D eigenvalue weighted by Crippen LogP contribution is -2.39. The number of hydrogen-bond donors (Lipinski definition) is 2. The van der Waals surface area contributed by atoms with E-state index in [-0.39, 0.29) is 11.8 Å². The number of nitrogens with one attached hydrogen (secondary N) is 1. The Balaban J connectivity index is 2.34. The van der Waals surface area contributed by atoms with Gasteiger partial charge in [-0.25, -0.2) is 9.97 Å². The van der Waals surface area contributed by atoms with E-state index in [0.29, 0.717) is 5.82 Å². The zero-order chi connectivity index (χ0) is 12.4. The lowest BCUT2D eigenvalue weighted by Gasteiger charge is -2.19. The molecule has 0 radical (unpaired) electrons. The van der Waals surface area contributed by atoms with Gasteiger partial charge in [0.2, 0.25) is 5.91 Å². The fourth-order valence-electron chi connectivity index (χ4n) is 1.62. The van der Waals surface area contributed by atoms with Crippen LogP contribution in [-0.4, -0.2) is 21.9 Å². The quantitative estimate of drug-likeness (QED) is 0.864. The van der Waals surface area contributed by atoms with Gasteiger partial charge in [0, 0.05) is 0 Å². The third kappa shape index (κ3) is 2.36. The molecule has 0 saturated carbocycles. The van der Waals surface area contributed by atoms with Gasteiger partial charge in [0.15, 0.2) is 0 Å². The van der Waals surface area contributed by atoms with Crippen LogP contribution in [0.3, 0.4) is 0 Å². The first kappa shape index (κ1) is 11.8. The van der Waals surface area contributed by atoms with Gasteiger partial charge in [0.05, 0.1) is 5.39 Å². The van der Waals surface area contributed by atoms with E-state index in [1.807, 2.05) is 25.3 Å². The number of anilines is 1. The largest absolute Gasteiger partial charge is 0.368 e. The minimum atomic E-state index is -0.423. The molecule has 0 spiro atoms. The van der Waals surface area contributed by atoms with Crippen LogP contribution in [0.25, 0.3) is 10.2 Å². The molecular weight excluding hydrogens is 236 g/mol. The van der Waals surface area contributed by atoms with E-state index in [4.69, 9.17) is 5.73 Å². The number of rotatable bonds is 4. The Morgan fingerprint density at radius 2 is 2.24 bits per heavy atom. The third-order valence-electron chi connectivity index (χ3n) is 2.53. The highest BCUT2D eigenvalue weighted by molar-refractivity contribution is 7.16. The first-order valence-electron chi connectivity index (χ1n) is 5.33. The van der Waals surface area contributed by atoms with E-state index in [0.717, 1.165) is 10.2 Å². The maximum absolute atomic E-state index is 11.3. The van der Waals surface area contributed by atoms with Crippen LogP contribution in [0.15, 0.2) is 17.8 Å². The number of nitrogens with two attached hydrogens (primary N) is 1. The van der Waals surface area contributed by atoms with Crippen LogP contribution in [0.5, 0.6) is 0 Å². The zero-order valence-corrected chi connectivity index (χ0v) is 10.5. The number of nitrogens with zero attached hydrogens (tertiary/aromatic N) is 2. The Labute approximate surface area is 103 Å². The summed E-state index contributed by atoms with van der Waals surface area (Å²) in [5, 5.41) is 5.95. The van der Waals surface area contributed by atoms with Crippen molar-refractivity contribution in [3.8, 4) is 0 Å². The number of fused-ring (bicyclic) bond motifs is 1. The molecule has 17 heavy (non-hydrogen) atoms. The molecular formula is C11H14N4OS. The Hall–Kier alpha value is -1.69. The molecule has 2 aromatic rings. The summed E-state index contributed by atoms with van der Waals surface area (Å²) in [4.78, 5) is 20.5. The highest BCUT2D eigenvalue weighted by atomic mass is 32.1. The maximum atomic E-state index is 11.3. The van der Waals surface area contributed by atoms with Gasteiger partial charge in [0.1, 0.15) is 23.0 Å². The molecule has 0 aliphatic heterocycles. The number of carbonyl (C=O) groups is 1. The normalized spacial score (nSPS) is 12.9. The number of aromatic nitrogens is 2. The molecule has 1 amide bonds. The Bertz CT molecular complexity index is 537. The molecule has 0 aromatic carbocycles. The number of carbonyl (C=O) groups excluding carboxylic acids is 1. The molecule has 3 N–H and O–H groups in total. The lowest BCUT2D eigenvalue weighted by molar-refractivity contribution is -0.119. The fraction of sp³-hybridized carbons (Fsp3) is 0.364. The second-order valence-electron chi connectivity index (χ2n) is 4.13. The first-order valence-corrected chi connectivity index (χ1v) is 6.21. The number of amides is 1. The van der Waals surface area contributed by atoms with Crippen LogP contribution in [0.1, 0.15) is 13.8 Å². The minimum absolute atomic E-state index is 0.108. The highest BCUT2D eigenvalue weighted by Crippen LogP contribution is 2.24. The molecule has 90 valence electrons. The standard InChI is InChI=1S/C11H14N4OS/c1-6(2)8(9(12)16)15-10-7-3-4-17-11(7)14-5-13-10/h3-6,8H,1-2H3,(H2,12,16)(H,13,14,15). The molecule has 0 bridgehead atoms.